The highest BCUT2D eigenvalue weighted by Gasteiger charge is 2.24. The number of unbranched alkanes of at least 4 members (excludes halogenated alkanes) is 1. The molecule has 1 saturated heterocycles. The molecule has 2 aromatic heterocycles. The largest absolute Gasteiger partial charge is 0.371 e. The van der Waals surface area contributed by atoms with Crippen LogP contribution in [0.15, 0.2) is 30.7 Å². The van der Waals surface area contributed by atoms with E-state index in [0.29, 0.717) is 5.92 Å². The van der Waals surface area contributed by atoms with Crippen LogP contribution in [0.25, 0.3) is 0 Å². The molecule has 1 aliphatic heterocycles. The van der Waals surface area contributed by atoms with E-state index >= 15 is 0 Å². The zero-order chi connectivity index (χ0) is 15.4. The number of hydrogen-bond acceptors (Lipinski definition) is 3. The second-order valence-corrected chi connectivity index (χ2v) is 6.25. The zero-order valence-electron chi connectivity index (χ0n) is 13.7. The van der Waals surface area contributed by atoms with Crippen LogP contribution >= 0.6 is 0 Å². The Morgan fingerprint density at radius 1 is 1.18 bits per heavy atom. The standard InChI is InChI=1S/C18H26N4/c1-3-4-10-22-13-9-20-18(22)16-6-11-21(12-7-16)17-5-8-19-15(2)14-17/h5,8-9,13-14,16H,3-4,6-7,10-12H2,1-2H3. The summed E-state index contributed by atoms with van der Waals surface area (Å²) in [6.07, 6.45) is 10.9. The van der Waals surface area contributed by atoms with Gasteiger partial charge >= 0.3 is 0 Å². The van der Waals surface area contributed by atoms with Crippen molar-refractivity contribution in [2.45, 2.75) is 52.0 Å². The van der Waals surface area contributed by atoms with E-state index in [1.54, 1.807) is 0 Å². The molecule has 0 bridgehead atoms. The minimum atomic E-state index is 0.603. The first-order chi connectivity index (χ1) is 10.8. The lowest BCUT2D eigenvalue weighted by molar-refractivity contribution is 0.460. The molecule has 1 fully saturated rings. The lowest BCUT2D eigenvalue weighted by atomic mass is 9.95. The van der Waals surface area contributed by atoms with E-state index in [2.05, 4.69) is 51.6 Å². The molecule has 3 heterocycles. The summed E-state index contributed by atoms with van der Waals surface area (Å²) in [5.41, 5.74) is 2.40. The van der Waals surface area contributed by atoms with Crippen molar-refractivity contribution in [1.29, 1.82) is 0 Å². The van der Waals surface area contributed by atoms with Gasteiger partial charge in [0.25, 0.3) is 0 Å². The fourth-order valence-electron chi connectivity index (χ4n) is 3.32. The topological polar surface area (TPSA) is 34.0 Å². The summed E-state index contributed by atoms with van der Waals surface area (Å²) in [6.45, 7) is 7.62. The molecule has 118 valence electrons. The van der Waals surface area contributed by atoms with Crippen molar-refractivity contribution < 1.29 is 0 Å². The van der Waals surface area contributed by atoms with Gasteiger partial charge in [0.15, 0.2) is 0 Å². The first-order valence-corrected chi connectivity index (χ1v) is 8.46. The van der Waals surface area contributed by atoms with Gasteiger partial charge in [0.05, 0.1) is 0 Å². The first kappa shape index (κ1) is 15.1. The van der Waals surface area contributed by atoms with E-state index in [-0.39, 0.29) is 0 Å². The summed E-state index contributed by atoms with van der Waals surface area (Å²) in [5.74, 6) is 1.89. The minimum Gasteiger partial charge on any atom is -0.371 e. The van der Waals surface area contributed by atoms with Gasteiger partial charge in [0, 0.05) is 55.5 Å². The summed E-state index contributed by atoms with van der Waals surface area (Å²) >= 11 is 0. The molecule has 2 aromatic rings. The number of nitrogens with zero attached hydrogens (tertiary/aromatic N) is 4. The third-order valence-corrected chi connectivity index (χ3v) is 4.61. The molecule has 4 heteroatoms. The fourth-order valence-corrected chi connectivity index (χ4v) is 3.32. The summed E-state index contributed by atoms with van der Waals surface area (Å²) < 4.78 is 2.36. The number of piperidine rings is 1. The summed E-state index contributed by atoms with van der Waals surface area (Å²) in [6, 6.07) is 4.30. The Balaban J connectivity index is 1.63. The summed E-state index contributed by atoms with van der Waals surface area (Å²) in [4.78, 5) is 11.4. The van der Waals surface area contributed by atoms with E-state index in [1.165, 1.54) is 37.2 Å². The van der Waals surface area contributed by atoms with Crippen LogP contribution in [0.2, 0.25) is 0 Å². The van der Waals surface area contributed by atoms with Crippen molar-refractivity contribution in [3.05, 3.63) is 42.2 Å². The average molecular weight is 298 g/mol. The van der Waals surface area contributed by atoms with E-state index in [1.807, 2.05) is 12.4 Å². The molecule has 0 radical (unpaired) electrons. The van der Waals surface area contributed by atoms with E-state index in [9.17, 15) is 0 Å². The Morgan fingerprint density at radius 3 is 2.73 bits per heavy atom. The SMILES string of the molecule is CCCCn1ccnc1C1CCN(c2ccnc(C)c2)CC1. The maximum Gasteiger partial charge on any atom is 0.111 e. The third kappa shape index (κ3) is 3.32. The van der Waals surface area contributed by atoms with Gasteiger partial charge in [0.2, 0.25) is 0 Å². The Kier molecular flexibility index (Phi) is 4.76. The Morgan fingerprint density at radius 2 is 2.00 bits per heavy atom. The smallest absolute Gasteiger partial charge is 0.111 e. The van der Waals surface area contributed by atoms with Gasteiger partial charge in [-0.2, -0.15) is 0 Å². The van der Waals surface area contributed by atoms with Gasteiger partial charge < -0.3 is 9.47 Å². The molecule has 0 aromatic carbocycles. The first-order valence-electron chi connectivity index (χ1n) is 8.46. The minimum absolute atomic E-state index is 0.603. The monoisotopic (exact) mass is 298 g/mol. The maximum absolute atomic E-state index is 4.64. The lowest BCUT2D eigenvalue weighted by Gasteiger charge is -2.33. The molecule has 3 rings (SSSR count). The molecule has 0 saturated carbocycles. The van der Waals surface area contributed by atoms with Crippen molar-refractivity contribution in [3.63, 3.8) is 0 Å². The Bertz CT molecular complexity index is 597. The molecular weight excluding hydrogens is 272 g/mol. The summed E-state index contributed by atoms with van der Waals surface area (Å²) in [7, 11) is 0. The van der Waals surface area contributed by atoms with Crippen molar-refractivity contribution in [3.8, 4) is 0 Å². The van der Waals surface area contributed by atoms with E-state index in [4.69, 9.17) is 0 Å². The Labute approximate surface area is 133 Å². The predicted octanol–water partition coefficient (Wildman–Crippen LogP) is 3.77. The van der Waals surface area contributed by atoms with Gasteiger partial charge in [-0.25, -0.2) is 4.98 Å². The van der Waals surface area contributed by atoms with Gasteiger partial charge in [-0.1, -0.05) is 13.3 Å². The summed E-state index contributed by atoms with van der Waals surface area (Å²) in [5, 5.41) is 0. The lowest BCUT2D eigenvalue weighted by Crippen LogP contribution is -2.33. The second kappa shape index (κ2) is 6.95. The number of aromatic nitrogens is 3. The molecule has 0 unspecified atom stereocenters. The van der Waals surface area contributed by atoms with Crippen molar-refractivity contribution in [1.82, 2.24) is 14.5 Å². The van der Waals surface area contributed by atoms with E-state index < -0.39 is 0 Å². The fraction of sp³-hybridized carbons (Fsp3) is 0.556. The zero-order valence-corrected chi connectivity index (χ0v) is 13.7. The maximum atomic E-state index is 4.64. The van der Waals surface area contributed by atoms with Crippen LogP contribution in [0, 0.1) is 6.92 Å². The number of imidazole rings is 1. The molecule has 1 aliphatic rings. The molecule has 0 amide bonds. The van der Waals surface area contributed by atoms with Gasteiger partial charge in [0.1, 0.15) is 5.82 Å². The van der Waals surface area contributed by atoms with Crippen molar-refractivity contribution >= 4 is 5.69 Å². The Hall–Kier alpha value is -1.84. The second-order valence-electron chi connectivity index (χ2n) is 6.25. The number of aryl methyl sites for hydroxylation is 2. The van der Waals surface area contributed by atoms with Crippen LogP contribution in [0.3, 0.4) is 0 Å². The molecule has 0 N–H and O–H groups in total. The quantitative estimate of drug-likeness (QED) is 0.842. The molecule has 0 atom stereocenters. The number of anilines is 1. The van der Waals surface area contributed by atoms with Gasteiger partial charge in [-0.3, -0.25) is 4.98 Å². The highest BCUT2D eigenvalue weighted by atomic mass is 15.1. The van der Waals surface area contributed by atoms with Gasteiger partial charge in [-0.05, 0) is 38.3 Å². The molecule has 4 nitrogen and oxygen atoms in total. The van der Waals surface area contributed by atoms with E-state index in [0.717, 1.165) is 25.3 Å². The molecule has 22 heavy (non-hydrogen) atoms. The normalized spacial score (nSPS) is 16.2. The van der Waals surface area contributed by atoms with Crippen LogP contribution in [0.4, 0.5) is 5.69 Å². The number of hydrogen-bond donors (Lipinski definition) is 0. The number of pyridine rings is 1. The van der Waals surface area contributed by atoms with Crippen LogP contribution in [-0.4, -0.2) is 27.6 Å². The highest BCUT2D eigenvalue weighted by Crippen LogP contribution is 2.29. The third-order valence-electron chi connectivity index (χ3n) is 4.61. The van der Waals surface area contributed by atoms with Crippen LogP contribution in [-0.2, 0) is 6.54 Å². The van der Waals surface area contributed by atoms with Crippen LogP contribution in [0.5, 0.6) is 0 Å². The average Bonchev–Trinajstić information content (AvgIpc) is 3.01. The van der Waals surface area contributed by atoms with Crippen molar-refractivity contribution in [2.75, 3.05) is 18.0 Å². The predicted molar refractivity (Wildman–Crippen MR) is 90.3 cm³/mol. The van der Waals surface area contributed by atoms with Gasteiger partial charge in [-0.15, -0.1) is 0 Å². The van der Waals surface area contributed by atoms with Crippen molar-refractivity contribution in [2.24, 2.45) is 0 Å². The van der Waals surface area contributed by atoms with Crippen LogP contribution in [0.1, 0.15) is 50.0 Å². The molecular formula is C18H26N4. The molecule has 0 spiro atoms. The molecule has 0 aliphatic carbocycles. The van der Waals surface area contributed by atoms with Crippen LogP contribution < -0.4 is 4.90 Å². The number of rotatable bonds is 5. The highest BCUT2D eigenvalue weighted by molar-refractivity contribution is 5.46.